The third kappa shape index (κ3) is 3.80. The van der Waals surface area contributed by atoms with Gasteiger partial charge in [0.15, 0.2) is 0 Å². The first kappa shape index (κ1) is 15.1. The lowest BCUT2D eigenvalue weighted by Gasteiger charge is -2.41. The Morgan fingerprint density at radius 1 is 1.44 bits per heavy atom. The van der Waals surface area contributed by atoms with E-state index in [0.717, 1.165) is 12.8 Å². The number of carbonyl (C=O) groups is 2. The molecule has 0 saturated heterocycles. The smallest absolute Gasteiger partial charge is 0.323 e. The van der Waals surface area contributed by atoms with E-state index in [0.29, 0.717) is 6.54 Å². The Hall–Kier alpha value is -0.910. The number of rotatable bonds is 6. The van der Waals surface area contributed by atoms with Crippen molar-refractivity contribution in [3.05, 3.63) is 0 Å². The van der Waals surface area contributed by atoms with Gasteiger partial charge in [0.1, 0.15) is 6.54 Å². The first-order chi connectivity index (χ1) is 8.40. The normalized spacial score (nSPS) is 17.1. The van der Waals surface area contributed by atoms with Crippen LogP contribution in [0.2, 0.25) is 0 Å². The molecule has 0 radical (unpaired) electrons. The van der Waals surface area contributed by atoms with Crippen molar-refractivity contribution in [3.8, 4) is 0 Å². The van der Waals surface area contributed by atoms with Gasteiger partial charge in [-0.25, -0.2) is 4.79 Å². The molecular formula is C12H22N2O3S. The van der Waals surface area contributed by atoms with Gasteiger partial charge in [0.05, 0.1) is 0 Å². The molecular weight excluding hydrogens is 252 g/mol. The minimum absolute atomic E-state index is 0.118. The molecule has 0 unspecified atom stereocenters. The van der Waals surface area contributed by atoms with Crippen LogP contribution in [0, 0.1) is 0 Å². The van der Waals surface area contributed by atoms with Crippen LogP contribution in [-0.2, 0) is 4.79 Å². The highest BCUT2D eigenvalue weighted by Gasteiger charge is 2.36. The van der Waals surface area contributed by atoms with Crippen LogP contribution in [0.15, 0.2) is 0 Å². The molecule has 0 aromatic carbocycles. The van der Waals surface area contributed by atoms with Gasteiger partial charge in [0.2, 0.25) is 0 Å². The van der Waals surface area contributed by atoms with Crippen LogP contribution in [0.4, 0.5) is 4.79 Å². The second-order valence-electron chi connectivity index (χ2n) is 5.01. The fourth-order valence-electron chi connectivity index (χ4n) is 2.00. The van der Waals surface area contributed by atoms with E-state index in [4.69, 9.17) is 5.11 Å². The summed E-state index contributed by atoms with van der Waals surface area (Å²) in [6, 6.07) is -0.402. The van der Waals surface area contributed by atoms with Crippen molar-refractivity contribution in [2.45, 2.75) is 43.9 Å². The summed E-state index contributed by atoms with van der Waals surface area (Å²) in [7, 11) is 0. The molecule has 5 nitrogen and oxygen atoms in total. The summed E-state index contributed by atoms with van der Waals surface area (Å²) in [4.78, 5) is 24.0. The van der Waals surface area contributed by atoms with Crippen molar-refractivity contribution >= 4 is 23.8 Å². The molecule has 0 atom stereocenters. The second-order valence-corrected chi connectivity index (χ2v) is 6.29. The van der Waals surface area contributed by atoms with Gasteiger partial charge in [-0.1, -0.05) is 6.42 Å². The Morgan fingerprint density at radius 3 is 2.39 bits per heavy atom. The van der Waals surface area contributed by atoms with Crippen LogP contribution in [0.1, 0.15) is 33.1 Å². The van der Waals surface area contributed by atoms with Gasteiger partial charge in [0, 0.05) is 17.3 Å². The number of aliphatic carboxylic acids is 1. The van der Waals surface area contributed by atoms with Crippen LogP contribution in [0.3, 0.4) is 0 Å². The van der Waals surface area contributed by atoms with E-state index in [1.165, 1.54) is 11.3 Å². The Kier molecular flexibility index (Phi) is 5.31. The number of carboxylic acid groups (broad SMARTS) is 1. The first-order valence-corrected chi connectivity index (χ1v) is 7.44. The highest BCUT2D eigenvalue weighted by molar-refractivity contribution is 8.00. The summed E-state index contributed by atoms with van der Waals surface area (Å²) < 4.78 is 0.168. The fraction of sp³-hybridized carbons (Fsp3) is 0.833. The van der Waals surface area contributed by atoms with Crippen molar-refractivity contribution in [2.24, 2.45) is 0 Å². The maximum Gasteiger partial charge on any atom is 0.323 e. The first-order valence-electron chi connectivity index (χ1n) is 6.21. The summed E-state index contributed by atoms with van der Waals surface area (Å²) in [5.74, 6) is -0.984. The van der Waals surface area contributed by atoms with Crippen molar-refractivity contribution < 1.29 is 14.7 Å². The molecule has 1 rings (SSSR count). The van der Waals surface area contributed by atoms with Gasteiger partial charge >= 0.3 is 12.0 Å². The third-order valence-electron chi connectivity index (χ3n) is 3.45. The average Bonchev–Trinajstić information content (AvgIpc) is 2.24. The van der Waals surface area contributed by atoms with Gasteiger partial charge in [-0.15, -0.1) is 0 Å². The van der Waals surface area contributed by atoms with Crippen LogP contribution in [0.5, 0.6) is 0 Å². The number of amides is 2. The SMILES string of the molecule is CSC1(CNC(=O)N(CC(=O)O)C(C)C)CCC1. The molecule has 0 heterocycles. The molecule has 104 valence electrons. The summed E-state index contributed by atoms with van der Waals surface area (Å²) >= 11 is 1.79. The summed E-state index contributed by atoms with van der Waals surface area (Å²) in [6.07, 6.45) is 5.51. The van der Waals surface area contributed by atoms with E-state index in [1.807, 2.05) is 13.8 Å². The van der Waals surface area contributed by atoms with Crippen LogP contribution in [-0.4, -0.2) is 52.1 Å². The number of hydrogen-bond donors (Lipinski definition) is 2. The molecule has 0 aromatic heterocycles. The predicted molar refractivity (Wildman–Crippen MR) is 73.0 cm³/mol. The lowest BCUT2D eigenvalue weighted by molar-refractivity contribution is -0.138. The van der Waals surface area contributed by atoms with Gasteiger partial charge < -0.3 is 15.3 Å². The zero-order chi connectivity index (χ0) is 13.8. The number of nitrogens with zero attached hydrogens (tertiary/aromatic N) is 1. The maximum absolute atomic E-state index is 12.0. The number of hydrogen-bond acceptors (Lipinski definition) is 3. The summed E-state index contributed by atoms with van der Waals surface area (Å²) in [5, 5.41) is 11.7. The average molecular weight is 274 g/mol. The summed E-state index contributed by atoms with van der Waals surface area (Å²) in [5.41, 5.74) is 0. The lowest BCUT2D eigenvalue weighted by atomic mass is 9.84. The van der Waals surface area contributed by atoms with E-state index in [9.17, 15) is 9.59 Å². The van der Waals surface area contributed by atoms with Gasteiger partial charge in [-0.3, -0.25) is 4.79 Å². The highest BCUT2D eigenvalue weighted by Crippen LogP contribution is 2.42. The Balaban J connectivity index is 2.48. The molecule has 1 aliphatic carbocycles. The standard InChI is InChI=1S/C12H22N2O3S/c1-9(2)14(7-10(15)16)11(17)13-8-12(18-3)5-4-6-12/h9H,4-8H2,1-3H3,(H,13,17)(H,15,16). The van der Waals surface area contributed by atoms with Crippen molar-refractivity contribution in [1.29, 1.82) is 0 Å². The number of carboxylic acids is 1. The van der Waals surface area contributed by atoms with Crippen molar-refractivity contribution in [2.75, 3.05) is 19.3 Å². The number of carbonyl (C=O) groups excluding carboxylic acids is 1. The van der Waals surface area contributed by atoms with E-state index in [1.54, 1.807) is 11.8 Å². The topological polar surface area (TPSA) is 69.6 Å². The molecule has 1 saturated carbocycles. The van der Waals surface area contributed by atoms with E-state index < -0.39 is 5.97 Å². The predicted octanol–water partition coefficient (Wildman–Crippen LogP) is 1.78. The van der Waals surface area contributed by atoms with E-state index in [-0.39, 0.29) is 23.4 Å². The lowest BCUT2D eigenvalue weighted by Crippen LogP contribution is -2.51. The van der Waals surface area contributed by atoms with Gasteiger partial charge in [-0.2, -0.15) is 11.8 Å². The van der Waals surface area contributed by atoms with Crippen LogP contribution < -0.4 is 5.32 Å². The molecule has 1 aliphatic rings. The van der Waals surface area contributed by atoms with Gasteiger partial charge in [0.25, 0.3) is 0 Å². The zero-order valence-electron chi connectivity index (χ0n) is 11.2. The third-order valence-corrected chi connectivity index (χ3v) is 4.87. The molecule has 2 amide bonds. The Morgan fingerprint density at radius 2 is 2.06 bits per heavy atom. The molecule has 18 heavy (non-hydrogen) atoms. The van der Waals surface area contributed by atoms with Crippen LogP contribution >= 0.6 is 11.8 Å². The van der Waals surface area contributed by atoms with E-state index in [2.05, 4.69) is 11.6 Å². The van der Waals surface area contributed by atoms with Gasteiger partial charge in [-0.05, 0) is 32.9 Å². The highest BCUT2D eigenvalue weighted by atomic mass is 32.2. The number of nitrogens with one attached hydrogen (secondary N) is 1. The Labute approximate surface area is 112 Å². The molecule has 6 heteroatoms. The van der Waals surface area contributed by atoms with Crippen molar-refractivity contribution in [3.63, 3.8) is 0 Å². The number of thioether (sulfide) groups is 1. The molecule has 2 N–H and O–H groups in total. The Bertz CT molecular complexity index is 311. The quantitative estimate of drug-likeness (QED) is 0.774. The molecule has 0 bridgehead atoms. The molecule has 0 aromatic rings. The second kappa shape index (κ2) is 6.31. The minimum Gasteiger partial charge on any atom is -0.480 e. The number of urea groups is 1. The van der Waals surface area contributed by atoms with E-state index >= 15 is 0 Å². The maximum atomic E-state index is 12.0. The minimum atomic E-state index is -0.984. The molecule has 0 aliphatic heterocycles. The fourth-order valence-corrected chi connectivity index (χ4v) is 2.91. The molecule has 0 spiro atoms. The monoisotopic (exact) mass is 274 g/mol. The zero-order valence-corrected chi connectivity index (χ0v) is 12.0. The summed E-state index contributed by atoms with van der Waals surface area (Å²) in [6.45, 7) is 4.00. The largest absolute Gasteiger partial charge is 0.480 e. The van der Waals surface area contributed by atoms with Crippen molar-refractivity contribution in [1.82, 2.24) is 10.2 Å². The van der Waals surface area contributed by atoms with Crippen LogP contribution in [0.25, 0.3) is 0 Å². The molecule has 1 fully saturated rings.